The van der Waals surface area contributed by atoms with Gasteiger partial charge in [-0.1, -0.05) is 0 Å². The van der Waals surface area contributed by atoms with Crippen molar-refractivity contribution in [3.05, 3.63) is 0 Å². The highest BCUT2D eigenvalue weighted by Crippen LogP contribution is 2.34. The van der Waals surface area contributed by atoms with Crippen molar-refractivity contribution in [2.24, 2.45) is 5.92 Å². The van der Waals surface area contributed by atoms with Crippen LogP contribution in [-0.4, -0.2) is 74.6 Å². The number of piperidine rings is 1. The first-order chi connectivity index (χ1) is 7.33. The average molecular weight is 255 g/mol. The number of rotatable bonds is 4. The molecule has 1 aliphatic heterocycles. The molecule has 1 saturated heterocycles. The van der Waals surface area contributed by atoms with E-state index in [-0.39, 0.29) is 25.9 Å². The number of aliphatic hydroxyl groups is 3. The Morgan fingerprint density at radius 3 is 2.38 bits per heavy atom. The van der Waals surface area contributed by atoms with Crippen molar-refractivity contribution in [1.29, 1.82) is 0 Å². The van der Waals surface area contributed by atoms with Crippen molar-refractivity contribution in [3.63, 3.8) is 0 Å². The van der Waals surface area contributed by atoms with Crippen molar-refractivity contribution < 1.29 is 29.7 Å². The van der Waals surface area contributed by atoms with Crippen LogP contribution in [0.15, 0.2) is 0 Å². The minimum atomic E-state index is -4.04. The van der Waals surface area contributed by atoms with Crippen LogP contribution in [0.1, 0.15) is 0 Å². The van der Waals surface area contributed by atoms with Gasteiger partial charge in [-0.3, -0.25) is 9.46 Å². The molecule has 0 aromatic heterocycles. The fraction of sp³-hybridized carbons (Fsp3) is 1.00. The summed E-state index contributed by atoms with van der Waals surface area (Å²) >= 11 is 0. The van der Waals surface area contributed by atoms with Crippen LogP contribution in [0.5, 0.6) is 0 Å². The quantitative estimate of drug-likeness (QED) is 0.362. The van der Waals surface area contributed by atoms with Crippen molar-refractivity contribution in [1.82, 2.24) is 4.90 Å². The van der Waals surface area contributed by atoms with E-state index >= 15 is 0 Å². The molecule has 1 aliphatic rings. The molecule has 1 rings (SSSR count). The molecule has 1 fully saturated rings. The average Bonchev–Trinajstić information content (AvgIpc) is 2.18. The number of aliphatic hydroxyl groups excluding tert-OH is 3. The third-order valence-corrected chi connectivity index (χ3v) is 3.54. The lowest BCUT2D eigenvalue weighted by atomic mass is 9.93. The zero-order chi connectivity index (χ0) is 12.3. The van der Waals surface area contributed by atoms with Crippen molar-refractivity contribution >= 4 is 7.60 Å². The van der Waals surface area contributed by atoms with Gasteiger partial charge in [-0.05, 0) is 0 Å². The lowest BCUT2D eigenvalue weighted by Crippen LogP contribution is -2.54. The van der Waals surface area contributed by atoms with Gasteiger partial charge in [0, 0.05) is 32.2 Å². The first kappa shape index (κ1) is 14.1. The Kier molecular flexibility index (Phi) is 4.88. The van der Waals surface area contributed by atoms with Crippen molar-refractivity contribution in [2.45, 2.75) is 12.2 Å². The summed E-state index contributed by atoms with van der Waals surface area (Å²) in [6.07, 6.45) is -2.24. The highest BCUT2D eigenvalue weighted by atomic mass is 31.2. The highest BCUT2D eigenvalue weighted by molar-refractivity contribution is 7.51. The fourth-order valence-corrected chi connectivity index (χ4v) is 2.36. The smallest absolute Gasteiger partial charge is 0.326 e. The molecule has 1 heterocycles. The maximum atomic E-state index is 10.7. The predicted molar refractivity (Wildman–Crippen MR) is 55.9 cm³/mol. The lowest BCUT2D eigenvalue weighted by molar-refractivity contribution is -0.0848. The standard InChI is InChI=1S/C8H18NO6P/c10-5-6-3-9(1-2-16(13,14)15)4-7(11)8(6)12/h6-8,10-12H,1-5H2,(H2,13,14,15)/t6-,7+,8+/m1/s1. The molecule has 5 N–H and O–H groups in total. The molecular weight excluding hydrogens is 237 g/mol. The summed E-state index contributed by atoms with van der Waals surface area (Å²) in [5.41, 5.74) is 0. The normalized spacial score (nSPS) is 32.9. The molecule has 0 unspecified atom stereocenters. The SMILES string of the molecule is O=P(O)(O)CCN1C[C@H](CO)[C@H](O)[C@@H](O)C1. The molecule has 0 spiro atoms. The van der Waals surface area contributed by atoms with E-state index in [0.29, 0.717) is 6.54 Å². The Morgan fingerprint density at radius 1 is 1.25 bits per heavy atom. The molecular formula is C8H18NO6P. The van der Waals surface area contributed by atoms with E-state index in [1.807, 2.05) is 0 Å². The van der Waals surface area contributed by atoms with E-state index in [2.05, 4.69) is 0 Å². The maximum Gasteiger partial charge on any atom is 0.326 e. The second-order valence-electron chi connectivity index (χ2n) is 4.15. The van der Waals surface area contributed by atoms with Crippen LogP contribution < -0.4 is 0 Å². The maximum absolute atomic E-state index is 10.7. The second kappa shape index (κ2) is 5.55. The molecule has 3 atom stereocenters. The highest BCUT2D eigenvalue weighted by Gasteiger charge is 2.34. The lowest BCUT2D eigenvalue weighted by Gasteiger charge is -2.38. The molecule has 0 aromatic carbocycles. The van der Waals surface area contributed by atoms with Gasteiger partial charge in [0.05, 0.1) is 18.4 Å². The number of nitrogens with zero attached hydrogens (tertiary/aromatic N) is 1. The van der Waals surface area contributed by atoms with Crippen molar-refractivity contribution in [2.75, 3.05) is 32.4 Å². The van der Waals surface area contributed by atoms with Gasteiger partial charge >= 0.3 is 7.60 Å². The zero-order valence-electron chi connectivity index (χ0n) is 8.81. The fourth-order valence-electron chi connectivity index (χ4n) is 1.82. The Balaban J connectivity index is 2.47. The summed E-state index contributed by atoms with van der Waals surface area (Å²) in [6.45, 7) is 0.377. The topological polar surface area (TPSA) is 121 Å². The third-order valence-electron chi connectivity index (χ3n) is 2.76. The van der Waals surface area contributed by atoms with Crippen LogP contribution in [0.4, 0.5) is 0 Å². The van der Waals surface area contributed by atoms with Crippen LogP contribution in [-0.2, 0) is 4.57 Å². The third kappa shape index (κ3) is 4.10. The van der Waals surface area contributed by atoms with E-state index in [1.54, 1.807) is 4.90 Å². The Labute approximate surface area is 93.5 Å². The van der Waals surface area contributed by atoms with Crippen LogP contribution >= 0.6 is 7.60 Å². The Hall–Kier alpha value is -0.0100. The van der Waals surface area contributed by atoms with Crippen LogP contribution in [0.25, 0.3) is 0 Å². The molecule has 7 nitrogen and oxygen atoms in total. The first-order valence-electron chi connectivity index (χ1n) is 5.07. The molecule has 0 amide bonds. The van der Waals surface area contributed by atoms with Gasteiger partial charge in [0.25, 0.3) is 0 Å². The number of β-amino-alcohol motifs (C(OH)–C–C–N with tert-alkyl or cyclic N) is 1. The molecule has 16 heavy (non-hydrogen) atoms. The van der Waals surface area contributed by atoms with E-state index in [1.165, 1.54) is 0 Å². The van der Waals surface area contributed by atoms with Crippen LogP contribution in [0.3, 0.4) is 0 Å². The largest absolute Gasteiger partial charge is 0.396 e. The summed E-state index contributed by atoms with van der Waals surface area (Å²) in [4.78, 5) is 19.1. The second-order valence-corrected chi connectivity index (χ2v) is 5.93. The molecule has 96 valence electrons. The van der Waals surface area contributed by atoms with Gasteiger partial charge in [0.2, 0.25) is 0 Å². The summed E-state index contributed by atoms with van der Waals surface area (Å²) in [5.74, 6) is -0.472. The number of hydrogen-bond donors (Lipinski definition) is 5. The molecule has 8 heteroatoms. The van der Waals surface area contributed by atoms with Gasteiger partial charge in [-0.15, -0.1) is 0 Å². The van der Waals surface area contributed by atoms with E-state index in [9.17, 15) is 14.8 Å². The number of hydrogen-bond acceptors (Lipinski definition) is 5. The Morgan fingerprint density at radius 2 is 1.88 bits per heavy atom. The minimum Gasteiger partial charge on any atom is -0.396 e. The molecule has 0 saturated carbocycles. The van der Waals surface area contributed by atoms with E-state index in [0.717, 1.165) is 0 Å². The number of likely N-dealkylation sites (tertiary alicyclic amines) is 1. The molecule has 0 aromatic rings. The minimum absolute atomic E-state index is 0.143. The van der Waals surface area contributed by atoms with E-state index in [4.69, 9.17) is 14.9 Å². The summed E-state index contributed by atoms with van der Waals surface area (Å²) < 4.78 is 10.7. The van der Waals surface area contributed by atoms with Crippen LogP contribution in [0, 0.1) is 5.92 Å². The Bertz CT molecular complexity index is 269. The van der Waals surface area contributed by atoms with Gasteiger partial charge in [-0.25, -0.2) is 0 Å². The molecule has 0 aliphatic carbocycles. The van der Waals surface area contributed by atoms with E-state index < -0.39 is 25.7 Å². The first-order valence-corrected chi connectivity index (χ1v) is 6.87. The van der Waals surface area contributed by atoms with Gasteiger partial charge in [0.1, 0.15) is 0 Å². The van der Waals surface area contributed by atoms with Crippen LogP contribution in [0.2, 0.25) is 0 Å². The van der Waals surface area contributed by atoms with Gasteiger partial charge in [0.15, 0.2) is 0 Å². The van der Waals surface area contributed by atoms with Gasteiger partial charge in [-0.2, -0.15) is 0 Å². The molecule has 0 radical (unpaired) electrons. The zero-order valence-corrected chi connectivity index (χ0v) is 9.70. The molecule has 0 bridgehead atoms. The monoisotopic (exact) mass is 255 g/mol. The summed E-state index contributed by atoms with van der Waals surface area (Å²) in [7, 11) is -4.04. The van der Waals surface area contributed by atoms with Crippen molar-refractivity contribution in [3.8, 4) is 0 Å². The summed E-state index contributed by atoms with van der Waals surface area (Å²) in [6, 6.07) is 0. The van der Waals surface area contributed by atoms with Gasteiger partial charge < -0.3 is 25.1 Å². The predicted octanol–water partition coefficient (Wildman–Crippen LogP) is -2.19. The summed E-state index contributed by atoms with van der Waals surface area (Å²) in [5, 5.41) is 27.9.